The number of methoxy groups -OCH3 is 2. The fourth-order valence-corrected chi connectivity index (χ4v) is 3.66. The molecule has 7 nitrogen and oxygen atoms in total. The van der Waals surface area contributed by atoms with E-state index in [0.29, 0.717) is 22.1 Å². The van der Waals surface area contributed by atoms with E-state index >= 15 is 0 Å². The van der Waals surface area contributed by atoms with E-state index in [1.807, 2.05) is 42.6 Å². The highest BCUT2D eigenvalue weighted by Gasteiger charge is 2.18. The Balaban J connectivity index is 1.77. The number of ether oxygens (including phenoxy) is 2. The molecule has 3 aromatic rings. The summed E-state index contributed by atoms with van der Waals surface area (Å²) in [6.45, 7) is 1.96. The fraction of sp³-hybridized carbons (Fsp3) is 0.278. The van der Waals surface area contributed by atoms with E-state index in [-0.39, 0.29) is 18.5 Å². The lowest BCUT2D eigenvalue weighted by Crippen LogP contribution is -2.30. The average molecular weight is 405 g/mol. The molecule has 2 aromatic heterocycles. The van der Waals surface area contributed by atoms with Gasteiger partial charge < -0.3 is 14.8 Å². The number of aromatic amines is 1. The summed E-state index contributed by atoms with van der Waals surface area (Å²) in [5, 5.41) is 11.9. The molecule has 0 aliphatic rings. The molecular weight excluding hydrogens is 384 g/mol. The van der Waals surface area contributed by atoms with Crippen LogP contribution in [0, 0.1) is 4.77 Å². The summed E-state index contributed by atoms with van der Waals surface area (Å²) >= 11 is 6.82. The first kappa shape index (κ1) is 19.1. The zero-order valence-electron chi connectivity index (χ0n) is 15.2. The minimum absolute atomic E-state index is 0.0686. The number of nitrogens with one attached hydrogen (secondary N) is 2. The Morgan fingerprint density at radius 3 is 2.85 bits per heavy atom. The van der Waals surface area contributed by atoms with Crippen LogP contribution in [0.1, 0.15) is 18.5 Å². The van der Waals surface area contributed by atoms with Crippen LogP contribution in [0.5, 0.6) is 11.5 Å². The van der Waals surface area contributed by atoms with E-state index in [9.17, 15) is 4.79 Å². The molecule has 0 aliphatic heterocycles. The van der Waals surface area contributed by atoms with Gasteiger partial charge in [0.05, 0.1) is 25.1 Å². The first-order valence-electron chi connectivity index (χ1n) is 8.24. The van der Waals surface area contributed by atoms with Gasteiger partial charge in [-0.15, -0.1) is 11.3 Å². The lowest BCUT2D eigenvalue weighted by Gasteiger charge is -2.18. The Morgan fingerprint density at radius 2 is 2.19 bits per heavy atom. The van der Waals surface area contributed by atoms with E-state index in [0.717, 1.165) is 10.4 Å². The van der Waals surface area contributed by atoms with Gasteiger partial charge >= 0.3 is 0 Å². The largest absolute Gasteiger partial charge is 0.497 e. The minimum atomic E-state index is -0.270. The predicted molar refractivity (Wildman–Crippen MR) is 107 cm³/mol. The second kappa shape index (κ2) is 8.36. The number of rotatable bonds is 7. The smallest absolute Gasteiger partial charge is 0.240 e. The van der Waals surface area contributed by atoms with Crippen LogP contribution < -0.4 is 14.8 Å². The van der Waals surface area contributed by atoms with Crippen molar-refractivity contribution in [1.82, 2.24) is 20.1 Å². The molecule has 0 unspecified atom stereocenters. The van der Waals surface area contributed by atoms with Crippen LogP contribution in [0.4, 0.5) is 0 Å². The molecule has 9 heteroatoms. The summed E-state index contributed by atoms with van der Waals surface area (Å²) in [6, 6.07) is 9.08. The van der Waals surface area contributed by atoms with Crippen molar-refractivity contribution in [1.29, 1.82) is 0 Å². The minimum Gasteiger partial charge on any atom is -0.497 e. The molecule has 0 fully saturated rings. The summed E-state index contributed by atoms with van der Waals surface area (Å²) in [5.41, 5.74) is 0.833. The number of hydrogen-bond acceptors (Lipinski definition) is 6. The molecule has 1 atom stereocenters. The lowest BCUT2D eigenvalue weighted by atomic mass is 10.1. The van der Waals surface area contributed by atoms with Crippen LogP contribution in [0.3, 0.4) is 0 Å². The van der Waals surface area contributed by atoms with Crippen LogP contribution in [-0.4, -0.2) is 34.9 Å². The highest BCUT2D eigenvalue weighted by atomic mass is 32.1. The molecule has 0 spiro atoms. The standard InChI is InChI=1S/C18H20N4O3S2/c1-11(13-9-12(24-2)6-7-14(13)25-3)19-16(23)10-22-17(20-21-18(22)26)15-5-4-8-27-15/h4-9,11H,10H2,1-3H3,(H,19,23)(H,21,26)/t11-/m0/s1. The van der Waals surface area contributed by atoms with Crippen molar-refractivity contribution >= 4 is 29.5 Å². The number of aromatic nitrogens is 3. The normalized spacial score (nSPS) is 11.8. The Kier molecular flexibility index (Phi) is 5.92. The van der Waals surface area contributed by atoms with Crippen molar-refractivity contribution in [3.05, 3.63) is 46.0 Å². The highest BCUT2D eigenvalue weighted by molar-refractivity contribution is 7.71. The molecule has 1 amide bonds. The van der Waals surface area contributed by atoms with Gasteiger partial charge in [0.2, 0.25) is 5.91 Å². The zero-order chi connectivity index (χ0) is 19.4. The maximum absolute atomic E-state index is 12.6. The topological polar surface area (TPSA) is 81.2 Å². The van der Waals surface area contributed by atoms with Crippen molar-refractivity contribution in [2.75, 3.05) is 14.2 Å². The van der Waals surface area contributed by atoms with Crippen LogP contribution >= 0.6 is 23.6 Å². The van der Waals surface area contributed by atoms with Crippen molar-refractivity contribution in [3.8, 4) is 22.2 Å². The fourth-order valence-electron chi connectivity index (χ4n) is 2.74. The summed E-state index contributed by atoms with van der Waals surface area (Å²) < 4.78 is 12.8. The maximum atomic E-state index is 12.6. The van der Waals surface area contributed by atoms with Crippen molar-refractivity contribution in [3.63, 3.8) is 0 Å². The maximum Gasteiger partial charge on any atom is 0.240 e. The monoisotopic (exact) mass is 404 g/mol. The van der Waals surface area contributed by atoms with Gasteiger partial charge in [-0.25, -0.2) is 0 Å². The molecule has 0 radical (unpaired) electrons. The summed E-state index contributed by atoms with van der Waals surface area (Å²) in [4.78, 5) is 13.6. The molecule has 2 N–H and O–H groups in total. The van der Waals surface area contributed by atoms with Gasteiger partial charge in [-0.2, -0.15) is 5.10 Å². The Morgan fingerprint density at radius 1 is 1.37 bits per heavy atom. The van der Waals surface area contributed by atoms with Crippen molar-refractivity contribution in [2.45, 2.75) is 19.5 Å². The summed E-state index contributed by atoms with van der Waals surface area (Å²) in [5.74, 6) is 1.85. The molecule has 2 heterocycles. The second-order valence-corrected chi connectivity index (χ2v) is 7.15. The molecule has 0 saturated heterocycles. The van der Waals surface area contributed by atoms with Gasteiger partial charge in [-0.1, -0.05) is 6.07 Å². The Hall–Kier alpha value is -2.65. The highest BCUT2D eigenvalue weighted by Crippen LogP contribution is 2.29. The quantitative estimate of drug-likeness (QED) is 0.589. The van der Waals surface area contributed by atoms with Crippen molar-refractivity contribution in [2.24, 2.45) is 0 Å². The lowest BCUT2D eigenvalue weighted by molar-refractivity contribution is -0.122. The van der Waals surface area contributed by atoms with E-state index in [1.165, 1.54) is 11.3 Å². The second-order valence-electron chi connectivity index (χ2n) is 5.81. The SMILES string of the molecule is COc1ccc(OC)c([C@H](C)NC(=O)Cn2c(-c3cccs3)n[nH]c2=S)c1. The summed E-state index contributed by atoms with van der Waals surface area (Å²) in [6.07, 6.45) is 0. The summed E-state index contributed by atoms with van der Waals surface area (Å²) in [7, 11) is 3.19. The third-order valence-corrected chi connectivity index (χ3v) is 5.26. The van der Waals surface area contributed by atoms with Gasteiger partial charge in [0, 0.05) is 5.56 Å². The molecule has 0 bridgehead atoms. The van der Waals surface area contributed by atoms with E-state index in [2.05, 4.69) is 15.5 Å². The van der Waals surface area contributed by atoms with Gasteiger partial charge in [0.15, 0.2) is 10.6 Å². The number of H-pyrrole nitrogens is 1. The third kappa shape index (κ3) is 4.20. The number of nitrogens with zero attached hydrogens (tertiary/aromatic N) is 2. The number of amides is 1. The average Bonchev–Trinajstić information content (AvgIpc) is 3.31. The Labute approximate surface area is 165 Å². The molecule has 0 saturated carbocycles. The number of hydrogen-bond donors (Lipinski definition) is 2. The predicted octanol–water partition coefficient (Wildman–Crippen LogP) is 3.56. The van der Waals surface area contributed by atoms with Gasteiger partial charge in [0.25, 0.3) is 0 Å². The van der Waals surface area contributed by atoms with Crippen LogP contribution in [0.15, 0.2) is 35.7 Å². The third-order valence-electron chi connectivity index (χ3n) is 4.08. The van der Waals surface area contributed by atoms with Gasteiger partial charge in [0.1, 0.15) is 18.0 Å². The van der Waals surface area contributed by atoms with Gasteiger partial charge in [-0.05, 0) is 48.8 Å². The van der Waals surface area contributed by atoms with Crippen LogP contribution in [0.2, 0.25) is 0 Å². The van der Waals surface area contributed by atoms with E-state index in [1.54, 1.807) is 18.8 Å². The van der Waals surface area contributed by atoms with Crippen molar-refractivity contribution < 1.29 is 14.3 Å². The van der Waals surface area contributed by atoms with Crippen LogP contribution in [-0.2, 0) is 11.3 Å². The van der Waals surface area contributed by atoms with E-state index < -0.39 is 0 Å². The number of thiophene rings is 1. The zero-order valence-corrected chi connectivity index (χ0v) is 16.8. The molecule has 27 heavy (non-hydrogen) atoms. The number of benzene rings is 1. The molecular formula is C18H20N4O3S2. The van der Waals surface area contributed by atoms with Crippen LogP contribution in [0.25, 0.3) is 10.7 Å². The molecule has 0 aliphatic carbocycles. The Bertz CT molecular complexity index is 979. The number of carbonyl (C=O) groups is 1. The molecule has 1 aromatic carbocycles. The molecule has 142 valence electrons. The first-order valence-corrected chi connectivity index (χ1v) is 9.52. The molecule has 3 rings (SSSR count). The number of carbonyl (C=O) groups excluding carboxylic acids is 1. The van der Waals surface area contributed by atoms with E-state index in [4.69, 9.17) is 21.7 Å². The first-order chi connectivity index (χ1) is 13.0. The van der Waals surface area contributed by atoms with Gasteiger partial charge in [-0.3, -0.25) is 14.5 Å².